The molecule has 0 aliphatic rings. The second kappa shape index (κ2) is 5.99. The Kier molecular flexibility index (Phi) is 4.89. The minimum absolute atomic E-state index is 0.224. The highest BCUT2D eigenvalue weighted by Gasteiger charge is 2.27. The summed E-state index contributed by atoms with van der Waals surface area (Å²) in [4.78, 5) is 11.6. The fourth-order valence-electron chi connectivity index (χ4n) is 1.23. The van der Waals surface area contributed by atoms with E-state index in [1.54, 1.807) is 19.1 Å². The average molecular weight is 279 g/mol. The second-order valence-electron chi connectivity index (χ2n) is 3.50. The predicted molar refractivity (Wildman–Crippen MR) is 64.4 cm³/mol. The van der Waals surface area contributed by atoms with E-state index in [-0.39, 0.29) is 29.7 Å². The minimum atomic E-state index is -4.31. The molecule has 3 nitrogen and oxygen atoms in total. The first-order chi connectivity index (χ1) is 8.29. The van der Waals surface area contributed by atoms with E-state index in [2.05, 4.69) is 0 Å². The third kappa shape index (κ3) is 4.87. The molecular formula is C11H12F3NO2S. The summed E-state index contributed by atoms with van der Waals surface area (Å²) in [7, 11) is 0. The zero-order valence-corrected chi connectivity index (χ0v) is 10.4. The number of carbonyl (C=O) groups excluding carboxylic acids is 1. The number of carbonyl (C=O) groups is 1. The number of halogens is 3. The third-order valence-corrected chi connectivity index (χ3v) is 2.76. The van der Waals surface area contributed by atoms with Gasteiger partial charge in [0.1, 0.15) is 6.61 Å². The third-order valence-electron chi connectivity index (χ3n) is 2.06. The van der Waals surface area contributed by atoms with Gasteiger partial charge in [0.15, 0.2) is 0 Å². The molecule has 2 N–H and O–H groups in total. The molecular weight excluding hydrogens is 267 g/mol. The molecule has 0 amide bonds. The topological polar surface area (TPSA) is 52.3 Å². The zero-order valence-electron chi connectivity index (χ0n) is 9.58. The summed E-state index contributed by atoms with van der Waals surface area (Å²) < 4.78 is 40.2. The smallest absolute Gasteiger partial charge is 0.441 e. The van der Waals surface area contributed by atoms with Crippen LogP contribution in [-0.2, 0) is 4.74 Å². The van der Waals surface area contributed by atoms with Crippen molar-refractivity contribution in [3.63, 3.8) is 0 Å². The van der Waals surface area contributed by atoms with E-state index in [1.165, 1.54) is 6.07 Å². The molecule has 1 rings (SSSR count). The van der Waals surface area contributed by atoms with Crippen molar-refractivity contribution >= 4 is 23.4 Å². The molecule has 0 bridgehead atoms. The van der Waals surface area contributed by atoms with Crippen LogP contribution >= 0.6 is 11.8 Å². The maximum Gasteiger partial charge on any atom is 0.441 e. The minimum Gasteiger partial charge on any atom is -0.461 e. The van der Waals surface area contributed by atoms with Crippen LogP contribution in [0.5, 0.6) is 0 Å². The molecule has 0 unspecified atom stereocenters. The number of alkyl halides is 3. The molecule has 1 aromatic rings. The number of hydrogen-bond acceptors (Lipinski definition) is 4. The van der Waals surface area contributed by atoms with Crippen molar-refractivity contribution < 1.29 is 22.7 Å². The molecule has 0 aliphatic heterocycles. The standard InChI is InChI=1S/C11H12F3NO2S/c1-7-2-3-8(15)6-9(7)10(16)17-4-5-18-11(12,13)14/h2-3,6H,4-5,15H2,1H3. The van der Waals surface area contributed by atoms with E-state index in [0.717, 1.165) is 0 Å². The van der Waals surface area contributed by atoms with Gasteiger partial charge in [-0.2, -0.15) is 13.2 Å². The van der Waals surface area contributed by atoms with Gasteiger partial charge in [0.05, 0.1) is 5.56 Å². The Balaban J connectivity index is 2.48. The number of anilines is 1. The molecule has 0 aliphatic carbocycles. The Labute approximate surface area is 106 Å². The lowest BCUT2D eigenvalue weighted by molar-refractivity contribution is -0.0331. The van der Waals surface area contributed by atoms with Crippen LogP contribution in [0.4, 0.5) is 18.9 Å². The van der Waals surface area contributed by atoms with Gasteiger partial charge in [-0.25, -0.2) is 4.79 Å². The van der Waals surface area contributed by atoms with E-state index in [1.807, 2.05) is 0 Å². The van der Waals surface area contributed by atoms with Crippen LogP contribution in [0.15, 0.2) is 18.2 Å². The number of nitrogen functional groups attached to an aromatic ring is 1. The zero-order chi connectivity index (χ0) is 13.8. The van der Waals surface area contributed by atoms with Crippen molar-refractivity contribution in [2.75, 3.05) is 18.1 Å². The van der Waals surface area contributed by atoms with E-state index >= 15 is 0 Å². The summed E-state index contributed by atoms with van der Waals surface area (Å²) in [6.45, 7) is 1.40. The van der Waals surface area contributed by atoms with Gasteiger partial charge in [-0.15, -0.1) is 0 Å². The van der Waals surface area contributed by atoms with E-state index < -0.39 is 11.5 Å². The molecule has 7 heteroatoms. The van der Waals surface area contributed by atoms with Gasteiger partial charge in [-0.1, -0.05) is 6.07 Å². The molecule has 0 atom stereocenters. The normalized spacial score (nSPS) is 11.3. The molecule has 100 valence electrons. The van der Waals surface area contributed by atoms with E-state index in [4.69, 9.17) is 10.5 Å². The van der Waals surface area contributed by atoms with Gasteiger partial charge < -0.3 is 10.5 Å². The van der Waals surface area contributed by atoms with Gasteiger partial charge in [0.2, 0.25) is 0 Å². The van der Waals surface area contributed by atoms with E-state index in [0.29, 0.717) is 11.3 Å². The summed E-state index contributed by atoms with van der Waals surface area (Å²) in [5, 5.41) is 0. The summed E-state index contributed by atoms with van der Waals surface area (Å²) >= 11 is -0.224. The number of benzene rings is 1. The number of ether oxygens (including phenoxy) is 1. The number of hydrogen-bond donors (Lipinski definition) is 1. The Bertz CT molecular complexity index is 435. The van der Waals surface area contributed by atoms with Gasteiger partial charge in [-0.3, -0.25) is 0 Å². The van der Waals surface area contributed by atoms with Crippen molar-refractivity contribution in [1.29, 1.82) is 0 Å². The van der Waals surface area contributed by atoms with Gasteiger partial charge in [0.25, 0.3) is 0 Å². The number of rotatable bonds is 4. The SMILES string of the molecule is Cc1ccc(N)cc1C(=O)OCCSC(F)(F)F. The van der Waals surface area contributed by atoms with Crippen molar-refractivity contribution in [1.82, 2.24) is 0 Å². The van der Waals surface area contributed by atoms with Crippen LogP contribution in [0, 0.1) is 6.92 Å². The number of esters is 1. The fourth-order valence-corrected chi connectivity index (χ4v) is 1.63. The molecule has 0 radical (unpaired) electrons. The highest BCUT2D eigenvalue weighted by molar-refractivity contribution is 8.00. The molecule has 18 heavy (non-hydrogen) atoms. The van der Waals surface area contributed by atoms with E-state index in [9.17, 15) is 18.0 Å². The van der Waals surface area contributed by atoms with Crippen molar-refractivity contribution in [3.05, 3.63) is 29.3 Å². The number of thioether (sulfide) groups is 1. The average Bonchev–Trinajstić information content (AvgIpc) is 2.26. The molecule has 0 spiro atoms. The molecule has 0 heterocycles. The Morgan fingerprint density at radius 2 is 2.11 bits per heavy atom. The van der Waals surface area contributed by atoms with Crippen LogP contribution in [0.1, 0.15) is 15.9 Å². The van der Waals surface area contributed by atoms with Gasteiger partial charge >= 0.3 is 11.5 Å². The maximum atomic E-state index is 11.8. The summed E-state index contributed by atoms with van der Waals surface area (Å²) in [6.07, 6.45) is 0. The Morgan fingerprint density at radius 1 is 1.44 bits per heavy atom. The van der Waals surface area contributed by atoms with Crippen LogP contribution < -0.4 is 5.73 Å². The lowest BCUT2D eigenvalue weighted by Gasteiger charge is -2.08. The van der Waals surface area contributed by atoms with Gasteiger partial charge in [0, 0.05) is 11.4 Å². The summed E-state index contributed by atoms with van der Waals surface area (Å²) in [6, 6.07) is 4.72. The van der Waals surface area contributed by atoms with Crippen LogP contribution in [-0.4, -0.2) is 23.8 Å². The van der Waals surface area contributed by atoms with Crippen LogP contribution in [0.3, 0.4) is 0 Å². The molecule has 1 aromatic carbocycles. The monoisotopic (exact) mass is 279 g/mol. The molecule has 0 saturated heterocycles. The first kappa shape index (κ1) is 14.7. The fraction of sp³-hybridized carbons (Fsp3) is 0.364. The quantitative estimate of drug-likeness (QED) is 0.523. The first-order valence-electron chi connectivity index (χ1n) is 5.03. The van der Waals surface area contributed by atoms with Crippen molar-refractivity contribution in [2.45, 2.75) is 12.4 Å². The summed E-state index contributed by atoms with van der Waals surface area (Å²) in [5.41, 5.74) is 2.55. The van der Waals surface area contributed by atoms with Gasteiger partial charge in [-0.05, 0) is 36.4 Å². The maximum absolute atomic E-state index is 11.8. The Hall–Kier alpha value is -1.37. The number of nitrogens with two attached hydrogens (primary N) is 1. The lowest BCUT2D eigenvalue weighted by Crippen LogP contribution is -2.12. The molecule has 0 fully saturated rings. The predicted octanol–water partition coefficient (Wildman–Crippen LogP) is 2.99. The second-order valence-corrected chi connectivity index (χ2v) is 4.66. The Morgan fingerprint density at radius 3 is 2.72 bits per heavy atom. The van der Waals surface area contributed by atoms with Crippen LogP contribution in [0.25, 0.3) is 0 Å². The van der Waals surface area contributed by atoms with Crippen molar-refractivity contribution in [3.8, 4) is 0 Å². The lowest BCUT2D eigenvalue weighted by atomic mass is 10.1. The largest absolute Gasteiger partial charge is 0.461 e. The van der Waals surface area contributed by atoms with Crippen LogP contribution in [0.2, 0.25) is 0 Å². The highest BCUT2D eigenvalue weighted by Crippen LogP contribution is 2.29. The number of aryl methyl sites for hydroxylation is 1. The first-order valence-corrected chi connectivity index (χ1v) is 6.02. The molecule has 0 aromatic heterocycles. The summed E-state index contributed by atoms with van der Waals surface area (Å²) in [5.74, 6) is -0.987. The molecule has 0 saturated carbocycles. The highest BCUT2D eigenvalue weighted by atomic mass is 32.2. The van der Waals surface area contributed by atoms with Crippen molar-refractivity contribution in [2.24, 2.45) is 0 Å².